The van der Waals surface area contributed by atoms with E-state index in [9.17, 15) is 0 Å². The number of ether oxygens (including phenoxy) is 1. The van der Waals surface area contributed by atoms with Gasteiger partial charge in [0, 0.05) is 30.6 Å². The van der Waals surface area contributed by atoms with Gasteiger partial charge in [0.2, 0.25) is 0 Å². The highest BCUT2D eigenvalue weighted by molar-refractivity contribution is 5.93. The predicted octanol–water partition coefficient (Wildman–Crippen LogP) is 4.05. The number of rotatable bonds is 7. The van der Waals surface area contributed by atoms with Crippen LogP contribution in [-0.2, 0) is 0 Å². The number of aryl methyl sites for hydroxylation is 1. The summed E-state index contributed by atoms with van der Waals surface area (Å²) in [5.41, 5.74) is 3.18. The summed E-state index contributed by atoms with van der Waals surface area (Å²) >= 11 is 0. The largest absolute Gasteiger partial charge is 0.497 e. The zero-order chi connectivity index (χ0) is 15.1. The molecule has 1 N–H and O–H groups in total. The lowest BCUT2D eigenvalue weighted by atomic mass is 10.1. The second-order valence-corrected chi connectivity index (χ2v) is 5.09. The van der Waals surface area contributed by atoms with Gasteiger partial charge in [0.25, 0.3) is 0 Å². The molecule has 0 aliphatic heterocycles. The van der Waals surface area contributed by atoms with E-state index in [0.29, 0.717) is 6.42 Å². The van der Waals surface area contributed by atoms with Gasteiger partial charge in [0.15, 0.2) is 0 Å². The van der Waals surface area contributed by atoms with Crippen LogP contribution in [0.3, 0.4) is 0 Å². The first-order valence-corrected chi connectivity index (χ1v) is 7.30. The van der Waals surface area contributed by atoms with Crippen LogP contribution in [0.25, 0.3) is 10.9 Å². The maximum atomic E-state index is 8.52. The second-order valence-electron chi connectivity index (χ2n) is 5.09. The van der Waals surface area contributed by atoms with Crippen LogP contribution in [0.15, 0.2) is 24.4 Å². The number of anilines is 1. The quantitative estimate of drug-likeness (QED) is 0.779. The van der Waals surface area contributed by atoms with Crippen molar-refractivity contribution in [3.05, 3.63) is 30.0 Å². The molecule has 2 aromatic rings. The number of hydrogen-bond donors (Lipinski definition) is 1. The lowest BCUT2D eigenvalue weighted by molar-refractivity contribution is 0.415. The molecule has 0 amide bonds. The summed E-state index contributed by atoms with van der Waals surface area (Å²) in [6.07, 6.45) is 5.56. The summed E-state index contributed by atoms with van der Waals surface area (Å²) in [7, 11) is 1.68. The van der Waals surface area contributed by atoms with Crippen molar-refractivity contribution in [2.45, 2.75) is 32.6 Å². The van der Waals surface area contributed by atoms with Gasteiger partial charge in [-0.1, -0.05) is 6.42 Å². The Bertz CT molecular complexity index is 646. The van der Waals surface area contributed by atoms with Crippen LogP contribution in [0.2, 0.25) is 0 Å². The fourth-order valence-electron chi connectivity index (χ4n) is 2.34. The Morgan fingerprint density at radius 2 is 2.14 bits per heavy atom. The molecule has 0 spiro atoms. The number of nitrogens with one attached hydrogen (secondary N) is 1. The Hall–Kier alpha value is -2.28. The number of pyridine rings is 1. The van der Waals surface area contributed by atoms with E-state index >= 15 is 0 Å². The average Bonchev–Trinajstić information content (AvgIpc) is 2.51. The lowest BCUT2D eigenvalue weighted by Crippen LogP contribution is -2.03. The average molecular weight is 283 g/mol. The Kier molecular flexibility index (Phi) is 5.39. The minimum atomic E-state index is 0.642. The van der Waals surface area contributed by atoms with Crippen molar-refractivity contribution in [3.63, 3.8) is 0 Å². The molecule has 0 atom stereocenters. The number of unbranched alkanes of at least 4 members (excludes halogenated alkanes) is 3. The highest BCUT2D eigenvalue weighted by Gasteiger charge is 2.07. The molecule has 0 aliphatic carbocycles. The van der Waals surface area contributed by atoms with Crippen molar-refractivity contribution in [1.82, 2.24) is 4.98 Å². The van der Waals surface area contributed by atoms with Crippen LogP contribution in [0.5, 0.6) is 5.75 Å². The number of nitriles is 1. The summed E-state index contributed by atoms with van der Waals surface area (Å²) < 4.78 is 5.37. The predicted molar refractivity (Wildman–Crippen MR) is 85.6 cm³/mol. The first kappa shape index (κ1) is 15.1. The van der Waals surface area contributed by atoms with Crippen LogP contribution in [0.1, 0.15) is 31.2 Å². The first-order chi connectivity index (χ1) is 10.3. The number of nitrogens with zero attached hydrogens (tertiary/aromatic N) is 2. The summed E-state index contributed by atoms with van der Waals surface area (Å²) in [6.45, 7) is 2.96. The van der Waals surface area contributed by atoms with E-state index in [2.05, 4.69) is 23.3 Å². The minimum Gasteiger partial charge on any atom is -0.497 e. The number of aromatic nitrogens is 1. The van der Waals surface area contributed by atoms with Gasteiger partial charge in [-0.15, -0.1) is 0 Å². The molecule has 21 heavy (non-hydrogen) atoms. The van der Waals surface area contributed by atoms with Gasteiger partial charge in [0.1, 0.15) is 5.75 Å². The van der Waals surface area contributed by atoms with Crippen LogP contribution >= 0.6 is 0 Å². The fourth-order valence-corrected chi connectivity index (χ4v) is 2.34. The Balaban J connectivity index is 2.11. The normalized spacial score (nSPS) is 10.3. The third-order valence-electron chi connectivity index (χ3n) is 3.55. The molecular weight excluding hydrogens is 262 g/mol. The van der Waals surface area contributed by atoms with E-state index in [4.69, 9.17) is 10.00 Å². The van der Waals surface area contributed by atoms with Crippen LogP contribution in [0, 0.1) is 18.3 Å². The third kappa shape index (κ3) is 3.85. The zero-order valence-corrected chi connectivity index (χ0v) is 12.6. The fraction of sp³-hybridized carbons (Fsp3) is 0.412. The van der Waals surface area contributed by atoms with Gasteiger partial charge >= 0.3 is 0 Å². The molecule has 0 aliphatic rings. The van der Waals surface area contributed by atoms with E-state index in [-0.39, 0.29) is 0 Å². The molecule has 0 bridgehead atoms. The first-order valence-electron chi connectivity index (χ1n) is 7.30. The van der Waals surface area contributed by atoms with Gasteiger partial charge in [-0.3, -0.25) is 4.98 Å². The molecule has 1 aromatic carbocycles. The molecule has 4 nitrogen and oxygen atoms in total. The topological polar surface area (TPSA) is 57.9 Å². The summed E-state index contributed by atoms with van der Waals surface area (Å²) in [6, 6.07) is 8.20. The van der Waals surface area contributed by atoms with Gasteiger partial charge in [-0.05, 0) is 37.5 Å². The van der Waals surface area contributed by atoms with Crippen LogP contribution in [0.4, 0.5) is 5.69 Å². The Morgan fingerprint density at radius 1 is 1.29 bits per heavy atom. The summed E-state index contributed by atoms with van der Waals surface area (Å²) in [5, 5.41) is 13.1. The molecule has 0 radical (unpaired) electrons. The third-order valence-corrected chi connectivity index (χ3v) is 3.55. The molecule has 1 heterocycles. The van der Waals surface area contributed by atoms with Gasteiger partial charge in [0.05, 0.1) is 24.4 Å². The monoisotopic (exact) mass is 283 g/mol. The molecule has 4 heteroatoms. The molecule has 1 aromatic heterocycles. The van der Waals surface area contributed by atoms with Gasteiger partial charge in [-0.2, -0.15) is 5.26 Å². The number of hydrogen-bond acceptors (Lipinski definition) is 4. The van der Waals surface area contributed by atoms with E-state index in [0.717, 1.165) is 48.1 Å². The SMILES string of the molecule is COc1cc(NCCCCCC#N)c2nccc(C)c2c1. The van der Waals surface area contributed by atoms with Gasteiger partial charge in [-0.25, -0.2) is 0 Å². The highest BCUT2D eigenvalue weighted by atomic mass is 16.5. The molecule has 110 valence electrons. The maximum absolute atomic E-state index is 8.52. The maximum Gasteiger partial charge on any atom is 0.121 e. The Morgan fingerprint density at radius 3 is 2.90 bits per heavy atom. The molecular formula is C17H21N3O. The molecule has 0 unspecified atom stereocenters. The molecule has 2 rings (SSSR count). The highest BCUT2D eigenvalue weighted by Crippen LogP contribution is 2.29. The summed E-state index contributed by atoms with van der Waals surface area (Å²) in [5.74, 6) is 0.839. The van der Waals surface area contributed by atoms with Crippen molar-refractivity contribution in [2.75, 3.05) is 19.0 Å². The Labute approximate surface area is 125 Å². The summed E-state index contributed by atoms with van der Waals surface area (Å²) in [4.78, 5) is 4.48. The van der Waals surface area contributed by atoms with Crippen molar-refractivity contribution in [2.24, 2.45) is 0 Å². The van der Waals surface area contributed by atoms with Gasteiger partial charge < -0.3 is 10.1 Å². The van der Waals surface area contributed by atoms with E-state index in [1.807, 2.05) is 24.4 Å². The van der Waals surface area contributed by atoms with Crippen molar-refractivity contribution >= 4 is 16.6 Å². The van der Waals surface area contributed by atoms with Crippen molar-refractivity contribution in [3.8, 4) is 11.8 Å². The van der Waals surface area contributed by atoms with Crippen molar-refractivity contribution in [1.29, 1.82) is 5.26 Å². The zero-order valence-electron chi connectivity index (χ0n) is 12.6. The van der Waals surface area contributed by atoms with Crippen LogP contribution in [-0.4, -0.2) is 18.6 Å². The van der Waals surface area contributed by atoms with E-state index < -0.39 is 0 Å². The van der Waals surface area contributed by atoms with Crippen molar-refractivity contribution < 1.29 is 4.74 Å². The molecule has 0 saturated carbocycles. The number of methoxy groups -OCH3 is 1. The smallest absolute Gasteiger partial charge is 0.121 e. The standard InChI is InChI=1S/C17H21N3O/c1-13-7-10-20-17-15(13)11-14(21-2)12-16(17)19-9-6-4-3-5-8-18/h7,10-12,19H,3-6,9H2,1-2H3. The lowest BCUT2D eigenvalue weighted by Gasteiger charge is -2.12. The minimum absolute atomic E-state index is 0.642. The number of fused-ring (bicyclic) bond motifs is 1. The molecule has 0 fully saturated rings. The van der Waals surface area contributed by atoms with Crippen LogP contribution < -0.4 is 10.1 Å². The van der Waals surface area contributed by atoms with E-state index in [1.165, 1.54) is 5.56 Å². The second kappa shape index (κ2) is 7.49. The number of benzene rings is 1. The van der Waals surface area contributed by atoms with E-state index in [1.54, 1.807) is 7.11 Å². The molecule has 0 saturated heterocycles.